The van der Waals surface area contributed by atoms with E-state index in [-0.39, 0.29) is 6.04 Å². The van der Waals surface area contributed by atoms with E-state index in [1.54, 1.807) is 6.20 Å². The highest BCUT2D eigenvalue weighted by molar-refractivity contribution is 5.94. The molecule has 5 heterocycles. The van der Waals surface area contributed by atoms with E-state index in [1.165, 1.54) is 0 Å². The van der Waals surface area contributed by atoms with Crippen molar-refractivity contribution in [2.75, 3.05) is 44.8 Å². The number of aromatic amines is 1. The number of hydrogen-bond acceptors (Lipinski definition) is 7. The molecule has 176 valence electrons. The van der Waals surface area contributed by atoms with Crippen LogP contribution in [-0.4, -0.2) is 71.0 Å². The van der Waals surface area contributed by atoms with Crippen molar-refractivity contribution in [1.82, 2.24) is 25.1 Å². The first-order valence-electron chi connectivity index (χ1n) is 12.3. The molecule has 2 aliphatic heterocycles. The number of fused-ring (bicyclic) bond motifs is 1. The van der Waals surface area contributed by atoms with Gasteiger partial charge in [0.1, 0.15) is 17.0 Å². The SMILES string of the molecule is C[C@@H]1COCCN1c1cc(C2(C#N)CCC3(CC2)CN(C)C3)c2ccnc(-c3ccn[nH]3)c2n1. The van der Waals surface area contributed by atoms with Crippen LogP contribution in [0.4, 0.5) is 5.82 Å². The lowest BCUT2D eigenvalue weighted by atomic mass is 9.59. The normalized spacial score (nSPS) is 24.1. The summed E-state index contributed by atoms with van der Waals surface area (Å²) in [7, 11) is 2.19. The molecule has 3 aliphatic rings. The van der Waals surface area contributed by atoms with E-state index < -0.39 is 5.41 Å². The van der Waals surface area contributed by atoms with Gasteiger partial charge in [-0.25, -0.2) is 4.98 Å². The smallest absolute Gasteiger partial charge is 0.130 e. The number of ether oxygens (including phenoxy) is 1. The maximum Gasteiger partial charge on any atom is 0.130 e. The number of nitriles is 1. The fourth-order valence-electron chi connectivity index (χ4n) is 6.40. The monoisotopic (exact) mass is 457 g/mol. The third-order valence-corrected chi connectivity index (χ3v) is 8.24. The molecule has 3 aromatic heterocycles. The summed E-state index contributed by atoms with van der Waals surface area (Å²) in [6.07, 6.45) is 7.52. The summed E-state index contributed by atoms with van der Waals surface area (Å²) in [6.45, 7) is 6.61. The molecule has 1 aliphatic carbocycles. The molecule has 8 nitrogen and oxygen atoms in total. The van der Waals surface area contributed by atoms with E-state index >= 15 is 0 Å². The second kappa shape index (κ2) is 8.03. The predicted molar refractivity (Wildman–Crippen MR) is 130 cm³/mol. The summed E-state index contributed by atoms with van der Waals surface area (Å²) in [4.78, 5) is 14.5. The van der Waals surface area contributed by atoms with Crippen LogP contribution in [0.15, 0.2) is 30.6 Å². The zero-order chi connectivity index (χ0) is 23.3. The lowest BCUT2D eigenvalue weighted by molar-refractivity contribution is -0.0206. The van der Waals surface area contributed by atoms with Gasteiger partial charge in [0.05, 0.1) is 36.4 Å². The first-order chi connectivity index (χ1) is 16.5. The van der Waals surface area contributed by atoms with Crippen LogP contribution in [0.25, 0.3) is 22.3 Å². The van der Waals surface area contributed by atoms with Gasteiger partial charge in [-0.2, -0.15) is 10.4 Å². The molecule has 8 heteroatoms. The number of pyridine rings is 2. The number of nitrogens with one attached hydrogen (secondary N) is 1. The maximum atomic E-state index is 10.6. The number of aromatic nitrogens is 4. The molecule has 0 aromatic carbocycles. The molecule has 1 atom stereocenters. The minimum Gasteiger partial charge on any atom is -0.377 e. The van der Waals surface area contributed by atoms with E-state index in [1.807, 2.05) is 18.3 Å². The van der Waals surface area contributed by atoms with Gasteiger partial charge in [0, 0.05) is 37.4 Å². The van der Waals surface area contributed by atoms with Crippen LogP contribution in [0.3, 0.4) is 0 Å². The maximum absolute atomic E-state index is 10.6. The van der Waals surface area contributed by atoms with Crippen LogP contribution in [0, 0.1) is 16.7 Å². The Morgan fingerprint density at radius 3 is 2.68 bits per heavy atom. The highest BCUT2D eigenvalue weighted by atomic mass is 16.5. The topological polar surface area (TPSA) is 94.0 Å². The third-order valence-electron chi connectivity index (χ3n) is 8.24. The van der Waals surface area contributed by atoms with Gasteiger partial charge < -0.3 is 14.5 Å². The van der Waals surface area contributed by atoms with Crippen molar-refractivity contribution in [2.24, 2.45) is 5.41 Å². The van der Waals surface area contributed by atoms with Gasteiger partial charge in [-0.1, -0.05) is 0 Å². The Hall–Kier alpha value is -3.02. The highest BCUT2D eigenvalue weighted by Crippen LogP contribution is 2.52. The van der Waals surface area contributed by atoms with Crippen molar-refractivity contribution in [1.29, 1.82) is 5.26 Å². The minimum atomic E-state index is -0.516. The number of nitrogens with zero attached hydrogens (tertiary/aromatic N) is 6. The van der Waals surface area contributed by atoms with E-state index in [2.05, 4.69) is 51.1 Å². The predicted octanol–water partition coefficient (Wildman–Crippen LogP) is 3.51. The van der Waals surface area contributed by atoms with Crippen LogP contribution in [0.5, 0.6) is 0 Å². The Bertz CT molecular complexity index is 1230. The summed E-state index contributed by atoms with van der Waals surface area (Å²) < 4.78 is 5.69. The average Bonchev–Trinajstić information content (AvgIpc) is 3.38. The molecule has 1 spiro atoms. The second-order valence-electron chi connectivity index (χ2n) is 10.5. The highest BCUT2D eigenvalue weighted by Gasteiger charge is 2.49. The molecule has 1 N–H and O–H groups in total. The molecule has 0 unspecified atom stereocenters. The van der Waals surface area contributed by atoms with Crippen molar-refractivity contribution in [3.05, 3.63) is 36.2 Å². The molecule has 6 rings (SSSR count). The standard InChI is InChI=1S/C26H31N7O/c1-18-14-34-12-11-33(18)22-13-20(26(15-27)7-5-25(6-8-26)16-32(2)17-25)19-3-9-28-24(23(19)30-22)21-4-10-29-31-21/h3-4,9-10,13,18H,5-8,11-12,14,16-17H2,1-2H3,(H,29,31)/t18-/m1/s1. The summed E-state index contributed by atoms with van der Waals surface area (Å²) in [5.74, 6) is 0.908. The second-order valence-corrected chi connectivity index (χ2v) is 10.5. The van der Waals surface area contributed by atoms with Crippen molar-refractivity contribution < 1.29 is 4.74 Å². The quantitative estimate of drug-likeness (QED) is 0.643. The first kappa shape index (κ1) is 21.5. The van der Waals surface area contributed by atoms with Crippen LogP contribution in [0.2, 0.25) is 0 Å². The third kappa shape index (κ3) is 3.38. The Labute approximate surface area is 199 Å². The summed E-state index contributed by atoms with van der Waals surface area (Å²) >= 11 is 0. The Morgan fingerprint density at radius 1 is 1.18 bits per heavy atom. The zero-order valence-electron chi connectivity index (χ0n) is 19.9. The van der Waals surface area contributed by atoms with Crippen LogP contribution in [0.1, 0.15) is 38.2 Å². The molecular weight excluding hydrogens is 426 g/mol. The Kier molecular flexibility index (Phi) is 5.08. The van der Waals surface area contributed by atoms with Gasteiger partial charge in [0.25, 0.3) is 0 Å². The van der Waals surface area contributed by atoms with E-state index in [9.17, 15) is 5.26 Å². The van der Waals surface area contributed by atoms with Gasteiger partial charge in [-0.15, -0.1) is 0 Å². The van der Waals surface area contributed by atoms with E-state index in [4.69, 9.17) is 9.72 Å². The van der Waals surface area contributed by atoms with E-state index in [0.29, 0.717) is 18.6 Å². The van der Waals surface area contributed by atoms with Gasteiger partial charge in [0.2, 0.25) is 0 Å². The van der Waals surface area contributed by atoms with Crippen LogP contribution < -0.4 is 4.90 Å². The number of H-pyrrole nitrogens is 1. The van der Waals surface area contributed by atoms with Crippen molar-refractivity contribution in [3.8, 4) is 17.5 Å². The molecule has 3 aromatic rings. The van der Waals surface area contributed by atoms with Crippen LogP contribution >= 0.6 is 0 Å². The molecule has 0 bridgehead atoms. The fraction of sp³-hybridized carbons (Fsp3) is 0.538. The molecule has 34 heavy (non-hydrogen) atoms. The van der Waals surface area contributed by atoms with E-state index in [0.717, 1.165) is 79.0 Å². The Morgan fingerprint density at radius 2 is 2.00 bits per heavy atom. The molecule has 3 fully saturated rings. The van der Waals surface area contributed by atoms with Crippen molar-refractivity contribution in [3.63, 3.8) is 0 Å². The zero-order valence-corrected chi connectivity index (χ0v) is 19.9. The minimum absolute atomic E-state index is 0.219. The number of anilines is 1. The largest absolute Gasteiger partial charge is 0.377 e. The lowest BCUT2D eigenvalue weighted by Crippen LogP contribution is -2.57. The fourth-order valence-corrected chi connectivity index (χ4v) is 6.40. The lowest BCUT2D eigenvalue weighted by Gasteiger charge is -2.54. The molecule has 1 saturated carbocycles. The average molecular weight is 458 g/mol. The first-order valence-corrected chi connectivity index (χ1v) is 12.3. The molecule has 2 saturated heterocycles. The Balaban J connectivity index is 1.51. The number of morpholine rings is 1. The molecule has 0 radical (unpaired) electrons. The summed E-state index contributed by atoms with van der Waals surface area (Å²) in [6, 6.07) is 9.16. The van der Waals surface area contributed by atoms with Gasteiger partial charge in [-0.3, -0.25) is 10.1 Å². The number of hydrogen-bond donors (Lipinski definition) is 1. The molecular formula is C26H31N7O. The van der Waals surface area contributed by atoms with Gasteiger partial charge in [-0.05, 0) is 68.8 Å². The van der Waals surface area contributed by atoms with Crippen molar-refractivity contribution in [2.45, 2.75) is 44.1 Å². The number of likely N-dealkylation sites (tertiary alicyclic amines) is 1. The summed E-state index contributed by atoms with van der Waals surface area (Å²) in [5, 5.41) is 18.8. The summed E-state index contributed by atoms with van der Waals surface area (Å²) in [5.41, 5.74) is 3.41. The van der Waals surface area contributed by atoms with Gasteiger partial charge >= 0.3 is 0 Å². The van der Waals surface area contributed by atoms with Crippen molar-refractivity contribution >= 4 is 16.7 Å². The van der Waals surface area contributed by atoms with Gasteiger partial charge in [0.15, 0.2) is 0 Å². The number of rotatable bonds is 3. The van der Waals surface area contributed by atoms with Crippen LogP contribution in [-0.2, 0) is 10.2 Å². The molecule has 0 amide bonds.